The van der Waals surface area contributed by atoms with Crippen LogP contribution in [0.2, 0.25) is 5.02 Å². The van der Waals surface area contributed by atoms with Gasteiger partial charge in [-0.25, -0.2) is 4.79 Å². The number of halogens is 1. The number of carbonyl (C=O) groups excluding carboxylic acids is 2. The molecule has 0 unspecified atom stereocenters. The van der Waals surface area contributed by atoms with Gasteiger partial charge in [-0.1, -0.05) is 23.7 Å². The van der Waals surface area contributed by atoms with E-state index in [0.717, 1.165) is 31.0 Å². The van der Waals surface area contributed by atoms with Gasteiger partial charge in [-0.3, -0.25) is 4.79 Å². The molecule has 0 N–H and O–H groups in total. The largest absolute Gasteiger partial charge is 0.341 e. The lowest BCUT2D eigenvalue weighted by Crippen LogP contribution is -2.45. The molecule has 3 amide bonds. The maximum absolute atomic E-state index is 12.5. The van der Waals surface area contributed by atoms with Gasteiger partial charge in [0.25, 0.3) is 0 Å². The van der Waals surface area contributed by atoms with Gasteiger partial charge in [-0.05, 0) is 30.5 Å². The Balaban J connectivity index is 1.60. The molecule has 5 nitrogen and oxygen atoms in total. The highest BCUT2D eigenvalue weighted by Gasteiger charge is 2.30. The van der Waals surface area contributed by atoms with E-state index in [4.69, 9.17) is 11.6 Å². The quantitative estimate of drug-likeness (QED) is 0.851. The highest BCUT2D eigenvalue weighted by atomic mass is 35.5. The summed E-state index contributed by atoms with van der Waals surface area (Å²) in [6, 6.07) is 7.83. The van der Waals surface area contributed by atoms with Crippen molar-refractivity contribution in [1.82, 2.24) is 14.7 Å². The third-order valence-corrected chi connectivity index (χ3v) is 5.00. The van der Waals surface area contributed by atoms with Gasteiger partial charge in [0.05, 0.1) is 0 Å². The lowest BCUT2D eigenvalue weighted by atomic mass is 9.90. The van der Waals surface area contributed by atoms with Crippen LogP contribution in [0.4, 0.5) is 4.79 Å². The normalized spacial score (nSPS) is 21.9. The predicted octanol–water partition coefficient (Wildman–Crippen LogP) is 2.41. The first-order chi connectivity index (χ1) is 11.0. The topological polar surface area (TPSA) is 43.9 Å². The number of nitrogens with zero attached hydrogens (tertiary/aromatic N) is 3. The molecule has 124 valence electrons. The summed E-state index contributed by atoms with van der Waals surface area (Å²) in [5.74, 6) is 0.397. The van der Waals surface area contributed by atoms with Crippen LogP contribution in [0, 0.1) is 0 Å². The van der Waals surface area contributed by atoms with Crippen LogP contribution >= 0.6 is 11.6 Å². The fraction of sp³-hybridized carbons (Fsp3) is 0.529. The van der Waals surface area contributed by atoms with Crippen LogP contribution in [0.25, 0.3) is 0 Å². The highest BCUT2D eigenvalue weighted by molar-refractivity contribution is 6.30. The van der Waals surface area contributed by atoms with Crippen LogP contribution in [-0.4, -0.2) is 66.4 Å². The van der Waals surface area contributed by atoms with Crippen LogP contribution in [0.1, 0.15) is 24.3 Å². The first kappa shape index (κ1) is 16.1. The summed E-state index contributed by atoms with van der Waals surface area (Å²) >= 11 is 5.94. The van der Waals surface area contributed by atoms with Gasteiger partial charge in [-0.2, -0.15) is 0 Å². The first-order valence-electron chi connectivity index (χ1n) is 8.08. The number of amides is 3. The van der Waals surface area contributed by atoms with Crippen LogP contribution in [0.5, 0.6) is 0 Å². The molecule has 2 fully saturated rings. The van der Waals surface area contributed by atoms with E-state index in [2.05, 4.69) is 0 Å². The second kappa shape index (κ2) is 6.79. The van der Waals surface area contributed by atoms with Gasteiger partial charge >= 0.3 is 6.03 Å². The van der Waals surface area contributed by atoms with Gasteiger partial charge in [0.2, 0.25) is 5.91 Å². The third kappa shape index (κ3) is 3.61. The van der Waals surface area contributed by atoms with E-state index in [1.54, 1.807) is 16.8 Å². The SMILES string of the molecule is CN1CCN(CC(=O)N2CCC[C@@H](c3ccc(Cl)cc3)C2)C1=O. The Labute approximate surface area is 141 Å². The number of benzene rings is 1. The Morgan fingerprint density at radius 2 is 1.96 bits per heavy atom. The smallest absolute Gasteiger partial charge is 0.320 e. The summed E-state index contributed by atoms with van der Waals surface area (Å²) in [6.07, 6.45) is 2.07. The molecule has 0 aromatic heterocycles. The molecule has 0 radical (unpaired) electrons. The lowest BCUT2D eigenvalue weighted by Gasteiger charge is -2.34. The number of carbonyl (C=O) groups is 2. The molecule has 23 heavy (non-hydrogen) atoms. The van der Waals surface area contributed by atoms with Gasteiger partial charge in [-0.15, -0.1) is 0 Å². The number of likely N-dealkylation sites (tertiary alicyclic amines) is 1. The van der Waals surface area contributed by atoms with Gasteiger partial charge in [0, 0.05) is 44.2 Å². The molecule has 2 saturated heterocycles. The minimum atomic E-state index is -0.0513. The lowest BCUT2D eigenvalue weighted by molar-refractivity contribution is -0.132. The molecular weight excluding hydrogens is 314 g/mol. The maximum Gasteiger partial charge on any atom is 0.320 e. The summed E-state index contributed by atoms with van der Waals surface area (Å²) in [5, 5.41) is 0.731. The number of likely N-dealkylation sites (N-methyl/N-ethyl adjacent to an activating group) is 1. The molecule has 3 rings (SSSR count). The minimum Gasteiger partial charge on any atom is -0.341 e. The van der Waals surface area contributed by atoms with Crippen LogP contribution < -0.4 is 0 Å². The molecule has 6 heteroatoms. The molecule has 2 aliphatic rings. The van der Waals surface area contributed by atoms with Crippen LogP contribution in [0.3, 0.4) is 0 Å². The monoisotopic (exact) mass is 335 g/mol. The molecule has 0 saturated carbocycles. The minimum absolute atomic E-state index is 0.0484. The third-order valence-electron chi connectivity index (χ3n) is 4.74. The van der Waals surface area contributed by atoms with Gasteiger partial charge < -0.3 is 14.7 Å². The van der Waals surface area contributed by atoms with Crippen molar-refractivity contribution in [3.63, 3.8) is 0 Å². The van der Waals surface area contributed by atoms with Crippen molar-refractivity contribution in [2.45, 2.75) is 18.8 Å². The fourth-order valence-electron chi connectivity index (χ4n) is 3.32. The summed E-state index contributed by atoms with van der Waals surface area (Å²) in [4.78, 5) is 29.6. The molecule has 1 atom stereocenters. The second-order valence-corrected chi connectivity index (χ2v) is 6.79. The molecular formula is C17H22ClN3O2. The molecule has 0 spiro atoms. The van der Waals surface area contributed by atoms with Gasteiger partial charge in [0.1, 0.15) is 6.54 Å². The zero-order valence-corrected chi connectivity index (χ0v) is 14.1. The van der Waals surface area contributed by atoms with Crippen molar-refractivity contribution in [3.05, 3.63) is 34.9 Å². The van der Waals surface area contributed by atoms with E-state index in [9.17, 15) is 9.59 Å². The second-order valence-electron chi connectivity index (χ2n) is 6.36. The number of hydrogen-bond acceptors (Lipinski definition) is 2. The zero-order valence-electron chi connectivity index (χ0n) is 13.4. The summed E-state index contributed by atoms with van der Waals surface area (Å²) in [6.45, 7) is 3.02. The maximum atomic E-state index is 12.5. The summed E-state index contributed by atoms with van der Waals surface area (Å²) < 4.78 is 0. The Hall–Kier alpha value is -1.75. The molecule has 2 aliphatic heterocycles. The van der Waals surface area contributed by atoms with E-state index in [0.29, 0.717) is 19.0 Å². The Kier molecular flexibility index (Phi) is 4.76. The van der Waals surface area contributed by atoms with Crippen molar-refractivity contribution in [1.29, 1.82) is 0 Å². The van der Waals surface area contributed by atoms with Crippen molar-refractivity contribution >= 4 is 23.5 Å². The fourth-order valence-corrected chi connectivity index (χ4v) is 3.45. The van der Waals surface area contributed by atoms with Crippen LogP contribution in [0.15, 0.2) is 24.3 Å². The molecule has 0 aliphatic carbocycles. The number of piperidine rings is 1. The molecule has 0 bridgehead atoms. The summed E-state index contributed by atoms with van der Waals surface area (Å²) in [5.41, 5.74) is 1.23. The van der Waals surface area contributed by atoms with Crippen molar-refractivity contribution in [2.24, 2.45) is 0 Å². The molecule has 2 heterocycles. The number of urea groups is 1. The van der Waals surface area contributed by atoms with E-state index in [-0.39, 0.29) is 18.5 Å². The van der Waals surface area contributed by atoms with Gasteiger partial charge in [0.15, 0.2) is 0 Å². The van der Waals surface area contributed by atoms with E-state index >= 15 is 0 Å². The Morgan fingerprint density at radius 1 is 1.22 bits per heavy atom. The average molecular weight is 336 g/mol. The Bertz CT molecular complexity index is 590. The number of rotatable bonds is 3. The molecule has 1 aromatic carbocycles. The standard InChI is InChI=1S/C17H22ClN3O2/c1-19-9-10-21(17(19)23)12-16(22)20-8-2-3-14(11-20)13-4-6-15(18)7-5-13/h4-7,14H,2-3,8-12H2,1H3/t14-/m1/s1. The molecule has 1 aromatic rings. The van der Waals surface area contributed by atoms with Crippen molar-refractivity contribution in [3.8, 4) is 0 Å². The Morgan fingerprint density at radius 3 is 2.61 bits per heavy atom. The predicted molar refractivity (Wildman–Crippen MR) is 89.6 cm³/mol. The zero-order chi connectivity index (χ0) is 16.4. The average Bonchev–Trinajstić information content (AvgIpc) is 2.88. The summed E-state index contributed by atoms with van der Waals surface area (Å²) in [7, 11) is 1.77. The van der Waals surface area contributed by atoms with Crippen molar-refractivity contribution in [2.75, 3.05) is 39.8 Å². The number of hydrogen-bond donors (Lipinski definition) is 0. The van der Waals surface area contributed by atoms with Crippen LogP contribution in [-0.2, 0) is 4.79 Å². The highest BCUT2D eigenvalue weighted by Crippen LogP contribution is 2.28. The van der Waals surface area contributed by atoms with E-state index in [1.165, 1.54) is 5.56 Å². The first-order valence-corrected chi connectivity index (χ1v) is 8.45. The van der Waals surface area contributed by atoms with E-state index < -0.39 is 0 Å². The van der Waals surface area contributed by atoms with E-state index in [1.807, 2.05) is 29.2 Å². The van der Waals surface area contributed by atoms with Crippen molar-refractivity contribution < 1.29 is 9.59 Å².